The van der Waals surface area contributed by atoms with Crippen LogP contribution in [0, 0.1) is 0 Å². The van der Waals surface area contributed by atoms with E-state index in [2.05, 4.69) is 9.47 Å². The van der Waals surface area contributed by atoms with Crippen LogP contribution in [0.2, 0.25) is 0 Å². The van der Waals surface area contributed by atoms with E-state index in [9.17, 15) is 17.6 Å². The second-order valence-corrected chi connectivity index (χ2v) is 1.98. The van der Waals surface area contributed by atoms with Crippen molar-refractivity contribution in [2.24, 2.45) is 0 Å². The molecule has 0 aliphatic carbocycles. The van der Waals surface area contributed by atoms with Crippen LogP contribution in [0.3, 0.4) is 0 Å². The van der Waals surface area contributed by atoms with Crippen molar-refractivity contribution in [1.82, 2.24) is 0 Å². The quantitative estimate of drug-likeness (QED) is 0.595. The minimum absolute atomic E-state index is 0.189. The molecule has 0 unspecified atom stereocenters. The molecule has 0 radical (unpaired) electrons. The van der Waals surface area contributed by atoms with Crippen molar-refractivity contribution in [3.63, 3.8) is 0 Å². The van der Waals surface area contributed by atoms with Crippen molar-refractivity contribution in [2.75, 3.05) is 19.8 Å². The Hall–Kier alpha value is -0.360. The molecule has 0 N–H and O–H groups in total. The molecule has 74 valence electrons. The molecule has 0 saturated heterocycles. The molecule has 6 heteroatoms. The lowest BCUT2D eigenvalue weighted by molar-refractivity contribution is -0.264. The fraction of sp³-hybridized carbons (Fsp3) is 1.00. The van der Waals surface area contributed by atoms with E-state index in [-0.39, 0.29) is 6.61 Å². The molecule has 0 aliphatic heterocycles. The summed E-state index contributed by atoms with van der Waals surface area (Å²) < 4.78 is 55.2. The molecule has 0 fully saturated rings. The van der Waals surface area contributed by atoms with Gasteiger partial charge in [0.2, 0.25) is 0 Å². The smallest absolute Gasteiger partial charge is 0.366 e. The molecule has 0 aromatic carbocycles. The van der Waals surface area contributed by atoms with Gasteiger partial charge in [-0.1, -0.05) is 0 Å². The van der Waals surface area contributed by atoms with E-state index in [1.807, 2.05) is 0 Å². The van der Waals surface area contributed by atoms with Gasteiger partial charge in [0, 0.05) is 0 Å². The molecule has 0 saturated carbocycles. The number of halogens is 4. The van der Waals surface area contributed by atoms with Gasteiger partial charge in [0.15, 0.2) is 0 Å². The Morgan fingerprint density at radius 2 is 1.92 bits per heavy atom. The summed E-state index contributed by atoms with van der Waals surface area (Å²) in [4.78, 5) is 0. The van der Waals surface area contributed by atoms with Crippen molar-refractivity contribution in [3.05, 3.63) is 0 Å². The molecule has 0 aliphatic rings. The Kier molecular flexibility index (Phi) is 5.16. The molecule has 0 rings (SSSR count). The van der Waals surface area contributed by atoms with E-state index in [1.54, 1.807) is 0 Å². The molecular formula is C6H10F4O2. The first-order valence-corrected chi connectivity index (χ1v) is 3.35. The van der Waals surface area contributed by atoms with Gasteiger partial charge in [0.05, 0.1) is 6.61 Å². The van der Waals surface area contributed by atoms with Gasteiger partial charge in [0.25, 0.3) is 6.43 Å². The largest absolute Gasteiger partial charge is 0.379 e. The molecule has 12 heavy (non-hydrogen) atoms. The summed E-state index contributed by atoms with van der Waals surface area (Å²) in [6.07, 6.45) is -6.20. The van der Waals surface area contributed by atoms with E-state index in [0.717, 1.165) is 0 Å². The molecule has 0 bridgehead atoms. The van der Waals surface area contributed by atoms with Crippen LogP contribution in [0.1, 0.15) is 6.92 Å². The molecule has 0 heterocycles. The molecule has 0 aromatic rings. The zero-order chi connectivity index (χ0) is 9.61. The zero-order valence-electron chi connectivity index (χ0n) is 6.53. The van der Waals surface area contributed by atoms with Gasteiger partial charge in [-0.25, -0.2) is 8.78 Å². The molecule has 0 amide bonds. The lowest BCUT2D eigenvalue weighted by Gasteiger charge is -2.15. The highest BCUT2D eigenvalue weighted by Gasteiger charge is 2.29. The highest BCUT2D eigenvalue weighted by Crippen LogP contribution is 2.15. The van der Waals surface area contributed by atoms with Crippen molar-refractivity contribution < 1.29 is 27.0 Å². The third kappa shape index (κ3) is 6.36. The third-order valence-corrected chi connectivity index (χ3v) is 0.869. The number of alkyl halides is 4. The Morgan fingerprint density at radius 1 is 1.33 bits per heavy atom. The average molecular weight is 190 g/mol. The van der Waals surface area contributed by atoms with Gasteiger partial charge < -0.3 is 9.47 Å². The van der Waals surface area contributed by atoms with Crippen LogP contribution in [0.5, 0.6) is 0 Å². The van der Waals surface area contributed by atoms with Crippen molar-refractivity contribution in [3.8, 4) is 0 Å². The van der Waals surface area contributed by atoms with Crippen LogP contribution >= 0.6 is 0 Å². The number of ether oxygens (including phenoxy) is 2. The maximum absolute atomic E-state index is 12.3. The van der Waals surface area contributed by atoms with Crippen LogP contribution in [0.4, 0.5) is 17.6 Å². The van der Waals surface area contributed by atoms with Gasteiger partial charge in [-0.05, 0) is 6.92 Å². The molecule has 2 nitrogen and oxygen atoms in total. The maximum atomic E-state index is 12.3. The number of hydrogen-bond acceptors (Lipinski definition) is 2. The molecule has 0 spiro atoms. The second kappa shape index (κ2) is 5.31. The van der Waals surface area contributed by atoms with Gasteiger partial charge >= 0.3 is 6.11 Å². The Bertz CT molecular complexity index is 118. The Labute approximate surface area is 67.5 Å². The number of hydrogen-bond donors (Lipinski definition) is 0. The van der Waals surface area contributed by atoms with E-state index in [1.165, 1.54) is 6.92 Å². The molecule has 0 aromatic heterocycles. The van der Waals surface area contributed by atoms with Gasteiger partial charge in [-0.2, -0.15) is 8.78 Å². The first kappa shape index (κ1) is 11.6. The SMILES string of the molecule is CCOC(F)(F)COCC(F)F. The summed E-state index contributed by atoms with van der Waals surface area (Å²) in [6, 6.07) is 0. The highest BCUT2D eigenvalue weighted by atomic mass is 19.3. The van der Waals surface area contributed by atoms with E-state index < -0.39 is 25.7 Å². The lowest BCUT2D eigenvalue weighted by Crippen LogP contribution is -2.28. The fourth-order valence-corrected chi connectivity index (χ4v) is 0.520. The summed E-state index contributed by atoms with van der Waals surface area (Å²) in [5.41, 5.74) is 0. The first-order valence-electron chi connectivity index (χ1n) is 3.35. The minimum Gasteiger partial charge on any atom is -0.366 e. The van der Waals surface area contributed by atoms with Crippen LogP contribution in [0.15, 0.2) is 0 Å². The normalized spacial score (nSPS) is 12.5. The van der Waals surface area contributed by atoms with Crippen LogP contribution in [-0.2, 0) is 9.47 Å². The predicted molar refractivity (Wildman–Crippen MR) is 33.4 cm³/mol. The van der Waals surface area contributed by atoms with E-state index in [0.29, 0.717) is 0 Å². The van der Waals surface area contributed by atoms with Gasteiger partial charge in [-0.3, -0.25) is 0 Å². The predicted octanol–water partition coefficient (Wildman–Crippen LogP) is 1.90. The Balaban J connectivity index is 3.46. The van der Waals surface area contributed by atoms with Crippen molar-refractivity contribution in [2.45, 2.75) is 19.5 Å². The first-order chi connectivity index (χ1) is 5.48. The van der Waals surface area contributed by atoms with Crippen LogP contribution < -0.4 is 0 Å². The minimum atomic E-state index is -3.47. The van der Waals surface area contributed by atoms with E-state index in [4.69, 9.17) is 0 Å². The zero-order valence-corrected chi connectivity index (χ0v) is 6.53. The second-order valence-electron chi connectivity index (χ2n) is 1.98. The van der Waals surface area contributed by atoms with E-state index >= 15 is 0 Å². The monoisotopic (exact) mass is 190 g/mol. The van der Waals surface area contributed by atoms with Gasteiger partial charge in [0.1, 0.15) is 13.2 Å². The van der Waals surface area contributed by atoms with Crippen molar-refractivity contribution in [1.29, 1.82) is 0 Å². The third-order valence-electron chi connectivity index (χ3n) is 0.869. The summed E-state index contributed by atoms with van der Waals surface area (Å²) >= 11 is 0. The summed E-state index contributed by atoms with van der Waals surface area (Å²) in [5, 5.41) is 0. The number of rotatable bonds is 6. The standard InChI is InChI=1S/C6H10F4O2/c1-2-12-6(9,10)4-11-3-5(7)8/h5H,2-4H2,1H3. The Morgan fingerprint density at radius 3 is 2.33 bits per heavy atom. The summed E-state index contributed by atoms with van der Waals surface area (Å²) in [7, 11) is 0. The summed E-state index contributed by atoms with van der Waals surface area (Å²) in [6.45, 7) is -0.945. The summed E-state index contributed by atoms with van der Waals surface area (Å²) in [5.74, 6) is 0. The van der Waals surface area contributed by atoms with Crippen LogP contribution in [-0.4, -0.2) is 32.4 Å². The average Bonchev–Trinajstić information content (AvgIpc) is 1.85. The molecular weight excluding hydrogens is 180 g/mol. The van der Waals surface area contributed by atoms with Crippen molar-refractivity contribution >= 4 is 0 Å². The topological polar surface area (TPSA) is 18.5 Å². The lowest BCUT2D eigenvalue weighted by atomic mass is 10.6. The fourth-order valence-electron chi connectivity index (χ4n) is 0.520. The van der Waals surface area contributed by atoms with Crippen LogP contribution in [0.25, 0.3) is 0 Å². The van der Waals surface area contributed by atoms with Gasteiger partial charge in [-0.15, -0.1) is 0 Å². The highest BCUT2D eigenvalue weighted by molar-refractivity contribution is 4.49. The maximum Gasteiger partial charge on any atom is 0.379 e. The molecule has 0 atom stereocenters.